The summed E-state index contributed by atoms with van der Waals surface area (Å²) in [6, 6.07) is 29.2. The number of hydrogen-bond acceptors (Lipinski definition) is 3. The summed E-state index contributed by atoms with van der Waals surface area (Å²) in [5.74, 6) is 0. The van der Waals surface area contributed by atoms with Crippen molar-refractivity contribution in [2.24, 2.45) is 16.2 Å². The SMILES string of the molecule is C[Si](C)OC(CCn1ccc2c[c]([Bi]([c]3ccc4c(ccn4CCC(O[Si](C)C)C(C)(C)C)c3)[c]3ccc4c(ccn4CCC(O[Si](C)C)C(C)(C)C)c3)ccc21)C(C)(C)C. The van der Waals surface area contributed by atoms with Gasteiger partial charge in [0.05, 0.1) is 0 Å². The Hall–Kier alpha value is -2.31. The normalized spacial score (nSPS) is 14.8. The molecule has 10 heteroatoms. The molecule has 3 atom stereocenters. The van der Waals surface area contributed by atoms with Crippen LogP contribution in [-0.4, -0.2) is 80.9 Å². The number of hydrogen-bond donors (Lipinski definition) is 0. The standard InChI is InChI=1S/3C17H25NOSi.Bi/c3*1-17(2,3)16(19-20(4)5)11-13-18-12-10-14-8-6-7-9-15(14)18;/h3*7-10,12,16H,11,13H2,1-5H3;. The van der Waals surface area contributed by atoms with Crippen molar-refractivity contribution in [2.45, 2.75) is 159 Å². The van der Waals surface area contributed by atoms with Crippen molar-refractivity contribution in [1.82, 2.24) is 13.7 Å². The second kappa shape index (κ2) is 19.8. The van der Waals surface area contributed by atoms with Crippen LogP contribution in [0, 0.1) is 16.2 Å². The van der Waals surface area contributed by atoms with Crippen LogP contribution in [0.25, 0.3) is 32.7 Å². The molecule has 0 aliphatic heterocycles. The summed E-state index contributed by atoms with van der Waals surface area (Å²) < 4.78 is 31.5. The molecule has 0 spiro atoms. The molecule has 61 heavy (non-hydrogen) atoms. The zero-order chi connectivity index (χ0) is 44.4. The Morgan fingerprint density at radius 3 is 0.918 bits per heavy atom. The van der Waals surface area contributed by atoms with Crippen molar-refractivity contribution < 1.29 is 13.3 Å². The van der Waals surface area contributed by atoms with E-state index in [9.17, 15) is 0 Å². The molecular formula is C51H75BiN3O3Si3. The molecule has 0 amide bonds. The minimum absolute atomic E-state index is 0.111. The second-order valence-corrected chi connectivity index (χ2v) is 35.9. The number of benzene rings is 3. The van der Waals surface area contributed by atoms with Crippen molar-refractivity contribution in [3.8, 4) is 0 Å². The first-order valence-electron chi connectivity index (χ1n) is 22.6. The first-order valence-corrected chi connectivity index (χ1v) is 35.0. The molecule has 329 valence electrons. The third-order valence-electron chi connectivity index (χ3n) is 12.0. The minimum atomic E-state index is -2.82. The Morgan fingerprint density at radius 2 is 0.689 bits per heavy atom. The fourth-order valence-corrected chi connectivity index (χ4v) is 21.0. The van der Waals surface area contributed by atoms with Gasteiger partial charge >= 0.3 is 385 Å². The molecule has 6 aromatic rings. The van der Waals surface area contributed by atoms with E-state index in [-0.39, 0.29) is 34.6 Å². The van der Waals surface area contributed by atoms with Gasteiger partial charge in [0.25, 0.3) is 0 Å². The predicted octanol–water partition coefficient (Wildman–Crippen LogP) is 11.3. The monoisotopic (exact) mass is 1070 g/mol. The number of aromatic nitrogens is 3. The van der Waals surface area contributed by atoms with E-state index in [1.165, 1.54) is 42.5 Å². The van der Waals surface area contributed by atoms with Crippen molar-refractivity contribution in [2.75, 3.05) is 0 Å². The van der Waals surface area contributed by atoms with Gasteiger partial charge in [-0.15, -0.1) is 0 Å². The molecular weight excluding hydrogens is 996 g/mol. The zero-order valence-electron chi connectivity index (χ0n) is 40.1. The summed E-state index contributed by atoms with van der Waals surface area (Å²) in [7, 11) is -2.36. The van der Waals surface area contributed by atoms with Gasteiger partial charge in [-0.1, -0.05) is 0 Å². The maximum atomic E-state index is 6.52. The average Bonchev–Trinajstić information content (AvgIpc) is 3.88. The van der Waals surface area contributed by atoms with Crippen LogP contribution in [0.5, 0.6) is 0 Å². The summed E-state index contributed by atoms with van der Waals surface area (Å²) in [5.41, 5.74) is 4.27. The Labute approximate surface area is 382 Å². The van der Waals surface area contributed by atoms with Crippen LogP contribution < -0.4 is 9.81 Å². The van der Waals surface area contributed by atoms with E-state index < -0.39 is 48.9 Å². The van der Waals surface area contributed by atoms with Crippen LogP contribution in [0.15, 0.2) is 91.4 Å². The third-order valence-corrected chi connectivity index (χ3v) is 23.5. The summed E-state index contributed by atoms with van der Waals surface area (Å²) in [6.45, 7) is 37.2. The van der Waals surface area contributed by atoms with Gasteiger partial charge in [-0.3, -0.25) is 0 Å². The van der Waals surface area contributed by atoms with E-state index in [2.05, 4.69) is 207 Å². The first-order chi connectivity index (χ1) is 28.6. The van der Waals surface area contributed by atoms with Crippen molar-refractivity contribution in [1.29, 1.82) is 0 Å². The second-order valence-electron chi connectivity index (χ2n) is 21.1. The average molecular weight is 1070 g/mol. The van der Waals surface area contributed by atoms with E-state index in [0.29, 0.717) is 0 Å². The molecule has 3 radical (unpaired) electrons. The number of nitrogens with zero attached hydrogens (tertiary/aromatic N) is 3. The summed E-state index contributed by atoms with van der Waals surface area (Å²) in [4.78, 5) is 0. The fraction of sp³-hybridized carbons (Fsp3) is 0.529. The predicted molar refractivity (Wildman–Crippen MR) is 270 cm³/mol. The van der Waals surface area contributed by atoms with E-state index in [1.807, 2.05) is 0 Å². The molecule has 0 saturated heterocycles. The van der Waals surface area contributed by atoms with Crippen LogP contribution in [0.2, 0.25) is 39.3 Å². The number of fused-ring (bicyclic) bond motifs is 3. The molecule has 6 rings (SSSR count). The molecule has 0 N–H and O–H groups in total. The van der Waals surface area contributed by atoms with Crippen molar-refractivity contribution in [3.63, 3.8) is 0 Å². The van der Waals surface area contributed by atoms with Gasteiger partial charge in [-0.25, -0.2) is 0 Å². The molecule has 3 aromatic heterocycles. The molecule has 3 unspecified atom stereocenters. The topological polar surface area (TPSA) is 42.5 Å². The summed E-state index contributed by atoms with van der Waals surface area (Å²) in [6.07, 6.45) is 10.6. The van der Waals surface area contributed by atoms with Crippen LogP contribution in [0.1, 0.15) is 81.6 Å². The van der Waals surface area contributed by atoms with E-state index in [0.717, 1.165) is 38.9 Å². The molecule has 0 aliphatic carbocycles. The van der Waals surface area contributed by atoms with Crippen molar-refractivity contribution in [3.05, 3.63) is 91.4 Å². The van der Waals surface area contributed by atoms with Gasteiger partial charge in [0, 0.05) is 0 Å². The van der Waals surface area contributed by atoms with Crippen LogP contribution in [0.4, 0.5) is 0 Å². The van der Waals surface area contributed by atoms with Gasteiger partial charge in [0.2, 0.25) is 0 Å². The Balaban J connectivity index is 1.35. The Bertz CT molecular complexity index is 2100. The summed E-state index contributed by atoms with van der Waals surface area (Å²) in [5, 5.41) is 4.00. The summed E-state index contributed by atoms with van der Waals surface area (Å²) >= 11 is -2.82. The zero-order valence-corrected chi connectivity index (χ0v) is 46.6. The maximum absolute atomic E-state index is 6.52. The fourth-order valence-electron chi connectivity index (χ4n) is 8.64. The van der Waals surface area contributed by atoms with Crippen molar-refractivity contribution >= 4 is 91.4 Å². The van der Waals surface area contributed by atoms with Gasteiger partial charge < -0.3 is 0 Å². The molecule has 0 aliphatic rings. The molecule has 6 nitrogen and oxygen atoms in total. The quantitative estimate of drug-likeness (QED) is 0.0806. The first kappa shape index (κ1) is 48.2. The molecule has 3 heterocycles. The van der Waals surface area contributed by atoms with Crippen LogP contribution in [0.3, 0.4) is 0 Å². The van der Waals surface area contributed by atoms with E-state index in [4.69, 9.17) is 13.3 Å². The van der Waals surface area contributed by atoms with Gasteiger partial charge in [0.15, 0.2) is 0 Å². The number of rotatable bonds is 18. The van der Waals surface area contributed by atoms with Gasteiger partial charge in [-0.2, -0.15) is 0 Å². The number of aryl methyl sites for hydroxylation is 3. The molecule has 0 saturated carbocycles. The van der Waals surface area contributed by atoms with E-state index >= 15 is 0 Å². The van der Waals surface area contributed by atoms with Crippen LogP contribution >= 0.6 is 0 Å². The van der Waals surface area contributed by atoms with Crippen LogP contribution in [-0.2, 0) is 32.9 Å². The molecule has 3 aromatic carbocycles. The Morgan fingerprint density at radius 1 is 0.426 bits per heavy atom. The third kappa shape index (κ3) is 12.3. The molecule has 0 fully saturated rings. The van der Waals surface area contributed by atoms with Gasteiger partial charge in [-0.05, 0) is 0 Å². The van der Waals surface area contributed by atoms with E-state index in [1.54, 1.807) is 0 Å². The van der Waals surface area contributed by atoms with Gasteiger partial charge in [0.1, 0.15) is 0 Å². The molecule has 0 bridgehead atoms. The Kier molecular flexibility index (Phi) is 15.7.